The van der Waals surface area contributed by atoms with Gasteiger partial charge in [-0.15, -0.1) is 0 Å². The molecule has 17 heavy (non-hydrogen) atoms. The van der Waals surface area contributed by atoms with Gasteiger partial charge in [0.2, 0.25) is 5.91 Å². The van der Waals surface area contributed by atoms with Gasteiger partial charge in [0.1, 0.15) is 5.82 Å². The number of benzene rings is 2. The number of amides is 1. The Morgan fingerprint density at radius 2 is 1.88 bits per heavy atom. The zero-order valence-electron chi connectivity index (χ0n) is 9.03. The molecular weight excluding hydrogens is 217 g/mol. The van der Waals surface area contributed by atoms with Crippen molar-refractivity contribution in [2.75, 3.05) is 5.32 Å². The number of nitrogens with one attached hydrogen (secondary N) is 1. The van der Waals surface area contributed by atoms with Crippen molar-refractivity contribution >= 4 is 11.6 Å². The van der Waals surface area contributed by atoms with Gasteiger partial charge in [-0.2, -0.15) is 0 Å². The molecule has 2 aromatic rings. The molecule has 0 saturated carbocycles. The average Bonchev–Trinajstić information content (AvgIpc) is 2.45. The van der Waals surface area contributed by atoms with Crippen molar-refractivity contribution in [3.8, 4) is 11.1 Å². The van der Waals surface area contributed by atoms with E-state index in [0.717, 1.165) is 16.7 Å². The summed E-state index contributed by atoms with van der Waals surface area (Å²) in [5, 5.41) is 2.79. The fourth-order valence-corrected chi connectivity index (χ4v) is 2.15. The number of carbonyl (C=O) groups is 1. The molecule has 1 N–H and O–H groups in total. The lowest BCUT2D eigenvalue weighted by molar-refractivity contribution is -0.115. The van der Waals surface area contributed by atoms with Crippen molar-refractivity contribution in [1.29, 1.82) is 0 Å². The fourth-order valence-electron chi connectivity index (χ4n) is 2.15. The van der Waals surface area contributed by atoms with Gasteiger partial charge in [-0.1, -0.05) is 24.3 Å². The summed E-state index contributed by atoms with van der Waals surface area (Å²) in [6.45, 7) is 0. The molecule has 0 unspecified atom stereocenters. The first-order valence-electron chi connectivity index (χ1n) is 5.42. The zero-order valence-corrected chi connectivity index (χ0v) is 9.03. The van der Waals surface area contributed by atoms with Crippen molar-refractivity contribution in [3.63, 3.8) is 0 Å². The average molecular weight is 227 g/mol. The minimum Gasteiger partial charge on any atom is -0.325 e. The predicted octanol–water partition coefficient (Wildman–Crippen LogP) is 2.99. The largest absolute Gasteiger partial charge is 0.325 e. The smallest absolute Gasteiger partial charge is 0.228 e. The third-order valence-electron chi connectivity index (χ3n) is 2.91. The summed E-state index contributed by atoms with van der Waals surface area (Å²) < 4.78 is 13.3. The molecule has 1 heterocycles. The summed E-state index contributed by atoms with van der Waals surface area (Å²) in [5.41, 5.74) is 3.25. The third-order valence-corrected chi connectivity index (χ3v) is 2.91. The lowest BCUT2D eigenvalue weighted by Gasteiger charge is -2.08. The van der Waals surface area contributed by atoms with Crippen LogP contribution in [0.25, 0.3) is 11.1 Å². The summed E-state index contributed by atoms with van der Waals surface area (Å²) in [5.74, 6) is -0.363. The van der Waals surface area contributed by atoms with E-state index >= 15 is 0 Å². The minimum absolute atomic E-state index is 0.0668. The highest BCUT2D eigenvalue weighted by atomic mass is 19.1. The van der Waals surface area contributed by atoms with Crippen LogP contribution in [0.4, 0.5) is 10.1 Å². The Labute approximate surface area is 98.1 Å². The predicted molar refractivity (Wildman–Crippen MR) is 64.2 cm³/mol. The molecule has 0 spiro atoms. The van der Waals surface area contributed by atoms with Gasteiger partial charge >= 0.3 is 0 Å². The lowest BCUT2D eigenvalue weighted by Crippen LogP contribution is -2.12. The molecule has 1 amide bonds. The maximum atomic E-state index is 13.3. The Kier molecular flexibility index (Phi) is 2.18. The van der Waals surface area contributed by atoms with Gasteiger partial charge in [0, 0.05) is 11.3 Å². The molecule has 3 rings (SSSR count). The van der Waals surface area contributed by atoms with Gasteiger partial charge in [0.05, 0.1) is 6.42 Å². The molecule has 0 bridgehead atoms. The molecule has 84 valence electrons. The standard InChI is InChI=1S/C14H10FNO/c15-10-5-6-13-12(8-10)11-4-2-1-3-9(11)7-14(17)16-13/h1-6,8H,7H2,(H,16,17). The Morgan fingerprint density at radius 1 is 1.06 bits per heavy atom. The van der Waals surface area contributed by atoms with Crippen molar-refractivity contribution in [1.82, 2.24) is 0 Å². The highest BCUT2D eigenvalue weighted by Gasteiger charge is 2.18. The summed E-state index contributed by atoms with van der Waals surface area (Å²) in [6, 6.07) is 12.0. The molecule has 0 aromatic heterocycles. The van der Waals surface area contributed by atoms with Gasteiger partial charge in [-0.05, 0) is 29.3 Å². The van der Waals surface area contributed by atoms with E-state index in [-0.39, 0.29) is 11.7 Å². The summed E-state index contributed by atoms with van der Waals surface area (Å²) in [4.78, 5) is 11.7. The van der Waals surface area contributed by atoms with E-state index in [0.29, 0.717) is 12.1 Å². The molecule has 0 saturated heterocycles. The summed E-state index contributed by atoms with van der Waals surface area (Å²) in [6.07, 6.45) is 0.326. The maximum Gasteiger partial charge on any atom is 0.228 e. The van der Waals surface area contributed by atoms with Crippen LogP contribution in [0.2, 0.25) is 0 Å². The van der Waals surface area contributed by atoms with Crippen LogP contribution < -0.4 is 5.32 Å². The molecule has 0 atom stereocenters. The number of hydrogen-bond acceptors (Lipinski definition) is 1. The van der Waals surface area contributed by atoms with E-state index in [1.807, 2.05) is 24.3 Å². The van der Waals surface area contributed by atoms with Crippen LogP contribution in [0.15, 0.2) is 42.5 Å². The van der Waals surface area contributed by atoms with E-state index in [9.17, 15) is 9.18 Å². The Hall–Kier alpha value is -2.16. The number of anilines is 1. The maximum absolute atomic E-state index is 13.3. The van der Waals surface area contributed by atoms with Crippen LogP contribution in [0, 0.1) is 5.82 Å². The topological polar surface area (TPSA) is 29.1 Å². The normalized spacial score (nSPS) is 13.4. The van der Waals surface area contributed by atoms with E-state index < -0.39 is 0 Å². The monoisotopic (exact) mass is 227 g/mol. The Bertz CT molecular complexity index is 607. The second-order valence-corrected chi connectivity index (χ2v) is 4.07. The molecule has 0 fully saturated rings. The quantitative estimate of drug-likeness (QED) is 0.736. The Morgan fingerprint density at radius 3 is 2.76 bits per heavy atom. The van der Waals surface area contributed by atoms with E-state index in [2.05, 4.69) is 5.32 Å². The van der Waals surface area contributed by atoms with Crippen molar-refractivity contribution in [3.05, 3.63) is 53.8 Å². The highest BCUT2D eigenvalue weighted by Crippen LogP contribution is 2.34. The minimum atomic E-state index is -0.297. The van der Waals surface area contributed by atoms with Crippen LogP contribution in [0.1, 0.15) is 5.56 Å². The van der Waals surface area contributed by atoms with Crippen LogP contribution >= 0.6 is 0 Å². The SMILES string of the molecule is O=C1Cc2ccccc2-c2cc(F)ccc2N1. The molecular formula is C14H10FNO. The van der Waals surface area contributed by atoms with Crippen molar-refractivity contribution in [2.45, 2.75) is 6.42 Å². The first-order valence-corrected chi connectivity index (χ1v) is 5.42. The number of rotatable bonds is 0. The third kappa shape index (κ3) is 1.69. The van der Waals surface area contributed by atoms with Crippen LogP contribution in [0.3, 0.4) is 0 Å². The first-order chi connectivity index (χ1) is 8.24. The second kappa shape index (κ2) is 3.70. The van der Waals surface area contributed by atoms with Gasteiger partial charge in [-0.3, -0.25) is 4.79 Å². The summed E-state index contributed by atoms with van der Waals surface area (Å²) in [7, 11) is 0. The van der Waals surface area contributed by atoms with Crippen LogP contribution in [-0.2, 0) is 11.2 Å². The molecule has 2 nitrogen and oxygen atoms in total. The Balaban J connectivity index is 2.31. The summed E-state index contributed by atoms with van der Waals surface area (Å²) >= 11 is 0. The zero-order chi connectivity index (χ0) is 11.8. The number of carbonyl (C=O) groups excluding carboxylic acids is 1. The first kappa shape index (κ1) is 10.0. The van der Waals surface area contributed by atoms with Crippen LogP contribution in [0.5, 0.6) is 0 Å². The fraction of sp³-hybridized carbons (Fsp3) is 0.0714. The van der Waals surface area contributed by atoms with Crippen LogP contribution in [-0.4, -0.2) is 5.91 Å². The molecule has 1 aliphatic heterocycles. The van der Waals surface area contributed by atoms with Crippen molar-refractivity contribution in [2.24, 2.45) is 0 Å². The van der Waals surface area contributed by atoms with Gasteiger partial charge in [-0.25, -0.2) is 4.39 Å². The molecule has 3 heteroatoms. The van der Waals surface area contributed by atoms with E-state index in [1.54, 1.807) is 6.07 Å². The number of halogens is 1. The second-order valence-electron chi connectivity index (χ2n) is 4.07. The number of hydrogen-bond donors (Lipinski definition) is 1. The van der Waals surface area contributed by atoms with Gasteiger partial charge in [0.15, 0.2) is 0 Å². The molecule has 2 aromatic carbocycles. The highest BCUT2D eigenvalue weighted by molar-refractivity contribution is 6.00. The van der Waals surface area contributed by atoms with Crippen molar-refractivity contribution < 1.29 is 9.18 Å². The molecule has 1 aliphatic rings. The van der Waals surface area contributed by atoms with E-state index in [4.69, 9.17) is 0 Å². The number of fused-ring (bicyclic) bond motifs is 3. The van der Waals surface area contributed by atoms with E-state index in [1.165, 1.54) is 12.1 Å². The lowest BCUT2D eigenvalue weighted by atomic mass is 9.98. The van der Waals surface area contributed by atoms with Gasteiger partial charge in [0.25, 0.3) is 0 Å². The molecule has 0 radical (unpaired) electrons. The van der Waals surface area contributed by atoms with Gasteiger partial charge < -0.3 is 5.32 Å². The molecule has 0 aliphatic carbocycles.